The van der Waals surface area contributed by atoms with E-state index in [4.69, 9.17) is 18.9 Å². The molecule has 3 rings (SSSR count). The molecule has 1 N–H and O–H groups in total. The first-order valence-electron chi connectivity index (χ1n) is 11.3. The molecule has 2 aromatic rings. The Balaban J connectivity index is 2.32. The van der Waals surface area contributed by atoms with Crippen LogP contribution in [0.1, 0.15) is 25.6 Å². The Hall–Kier alpha value is -2.62. The lowest BCUT2D eigenvalue weighted by Gasteiger charge is -2.41. The number of carbonyl (C=O) groups excluding carboxylic acids is 1. The molecule has 1 amide bonds. The Bertz CT molecular complexity index is 1110. The fourth-order valence-electron chi connectivity index (χ4n) is 2.31. The zero-order chi connectivity index (χ0) is 24.3. The smallest absolute Gasteiger partial charge is 0.302 e. The molecule has 1 aliphatic rings. The van der Waals surface area contributed by atoms with Crippen LogP contribution in [0.3, 0.4) is 0 Å². The molecule has 1 saturated heterocycles. The second-order valence-electron chi connectivity index (χ2n) is 4.91. The maximum Gasteiger partial charge on any atom is 0.302 e. The number of nitrogens with zero attached hydrogens (tertiary/aromatic N) is 5. The van der Waals surface area contributed by atoms with Gasteiger partial charge in [-0.2, -0.15) is 0 Å². The molecular weight excluding hydrogens is 292 g/mol. The molecule has 0 aromatic carbocycles. The average Bonchev–Trinajstić information content (AvgIpc) is 3.04. The van der Waals surface area contributed by atoms with Crippen LogP contribution in [0.15, 0.2) is 18.5 Å². The predicted octanol–water partition coefficient (Wildman–Crippen LogP) is 1.55. The van der Waals surface area contributed by atoms with Crippen molar-refractivity contribution in [3.63, 3.8) is 0 Å². The summed E-state index contributed by atoms with van der Waals surface area (Å²) in [6.07, 6.45) is 0.126. The number of amides is 1. The van der Waals surface area contributed by atoms with Crippen LogP contribution in [-0.2, 0) is 4.79 Å². The molecule has 23 heavy (non-hydrogen) atoms. The number of rotatable bonds is 3. The van der Waals surface area contributed by atoms with Crippen molar-refractivity contribution in [1.82, 2.24) is 19.9 Å². The summed E-state index contributed by atoms with van der Waals surface area (Å²) in [7, 11) is 1.14. The number of aromatic amines is 1. The Morgan fingerprint density at radius 2 is 2.65 bits per heavy atom. The number of nitrogens with one attached hydrogen (secondary N) is 1. The maximum atomic E-state index is 12.5. The molecular formula is C16H20N6O. The summed E-state index contributed by atoms with van der Waals surface area (Å²) in [5.41, 5.74) is 0.0437. The van der Waals surface area contributed by atoms with E-state index in [1.807, 2.05) is 0 Å². The van der Waals surface area contributed by atoms with Crippen LogP contribution in [0.5, 0.6) is 0 Å². The Morgan fingerprint density at radius 3 is 3.43 bits per heavy atom. The van der Waals surface area contributed by atoms with Crippen molar-refractivity contribution in [3.05, 3.63) is 30.0 Å². The van der Waals surface area contributed by atoms with Crippen LogP contribution >= 0.6 is 0 Å². The first kappa shape index (κ1) is 7.77. The first-order chi connectivity index (χ1) is 14.6. The van der Waals surface area contributed by atoms with Gasteiger partial charge in [0.05, 0.1) is 16.9 Å². The SMILES string of the molecule is [2H]c1nc(N(C)[C@@]2([2H])C([2H])([2H])N(C(=O)C[N+]#[C-])CC[C@@]2([2H])C([2H])([2H])[2H])c2c([2H])c[nH]c2n1. The van der Waals surface area contributed by atoms with Gasteiger partial charge in [0, 0.05) is 31.8 Å². The van der Waals surface area contributed by atoms with Crippen molar-refractivity contribution in [1.29, 1.82) is 0 Å². The third-order valence-corrected chi connectivity index (χ3v) is 3.48. The van der Waals surface area contributed by atoms with Gasteiger partial charge in [-0.1, -0.05) is 6.85 Å². The van der Waals surface area contributed by atoms with Crippen molar-refractivity contribution < 1.29 is 17.1 Å². The fourth-order valence-corrected chi connectivity index (χ4v) is 2.31. The zero-order valence-electron chi connectivity index (χ0n) is 21.3. The topological polar surface area (TPSA) is 69.5 Å². The van der Waals surface area contributed by atoms with Crippen LogP contribution in [0.4, 0.5) is 5.82 Å². The molecule has 1 fully saturated rings. The van der Waals surface area contributed by atoms with Crippen LogP contribution in [0.2, 0.25) is 0 Å². The van der Waals surface area contributed by atoms with Crippen molar-refractivity contribution >= 4 is 22.8 Å². The summed E-state index contributed by atoms with van der Waals surface area (Å²) >= 11 is 0. The number of carbonyl (C=O) groups is 1. The van der Waals surface area contributed by atoms with E-state index >= 15 is 0 Å². The number of likely N-dealkylation sites (tertiary alicyclic amines) is 1. The molecule has 0 unspecified atom stereocenters. The molecule has 7 nitrogen and oxygen atoms in total. The van der Waals surface area contributed by atoms with E-state index in [0.717, 1.165) is 11.9 Å². The highest BCUT2D eigenvalue weighted by molar-refractivity contribution is 5.87. The van der Waals surface area contributed by atoms with Crippen LogP contribution < -0.4 is 4.90 Å². The van der Waals surface area contributed by atoms with Gasteiger partial charge in [0.25, 0.3) is 6.54 Å². The summed E-state index contributed by atoms with van der Waals surface area (Å²) in [5, 5.41) is 0.00317. The molecule has 3 heterocycles. The van der Waals surface area contributed by atoms with Gasteiger partial charge in [-0.15, -0.1) is 0 Å². The monoisotopic (exact) mass is 321 g/mol. The molecule has 0 saturated carbocycles. The summed E-state index contributed by atoms with van der Waals surface area (Å²) in [4.78, 5) is 27.2. The number of fused-ring (bicyclic) bond motifs is 1. The number of hydrogen-bond donors (Lipinski definition) is 1. The van der Waals surface area contributed by atoms with E-state index < -0.39 is 57.0 Å². The van der Waals surface area contributed by atoms with Gasteiger partial charge in [0.15, 0.2) is 0 Å². The number of likely N-dealkylation sites (N-methyl/N-ethyl adjacent to an activating group) is 1. The van der Waals surface area contributed by atoms with Crippen molar-refractivity contribution in [2.45, 2.75) is 19.3 Å². The maximum absolute atomic E-state index is 12.5. The van der Waals surface area contributed by atoms with Crippen LogP contribution in [0.25, 0.3) is 15.9 Å². The highest BCUT2D eigenvalue weighted by atomic mass is 16.2. The zero-order valence-corrected chi connectivity index (χ0v) is 12.3. The minimum atomic E-state index is -3.15. The molecule has 1 aliphatic heterocycles. The van der Waals surface area contributed by atoms with Crippen molar-refractivity contribution in [2.24, 2.45) is 5.89 Å². The van der Waals surface area contributed by atoms with Gasteiger partial charge >= 0.3 is 5.91 Å². The van der Waals surface area contributed by atoms with E-state index in [0.29, 0.717) is 4.90 Å². The Labute approximate surface area is 147 Å². The summed E-state index contributed by atoms with van der Waals surface area (Å²) in [5.74, 6) is -3.99. The lowest BCUT2D eigenvalue weighted by atomic mass is 9.92. The normalized spacial score (nSPS) is 36.0. The summed E-state index contributed by atoms with van der Waals surface area (Å²) < 4.78 is 75.1. The van der Waals surface area contributed by atoms with Gasteiger partial charge in [0.2, 0.25) is 0 Å². The molecule has 2 atom stereocenters. The molecule has 0 spiro atoms. The molecule has 7 heteroatoms. The minimum Gasteiger partial charge on any atom is -0.354 e. The molecule has 0 radical (unpaired) electrons. The van der Waals surface area contributed by atoms with Crippen molar-refractivity contribution in [3.8, 4) is 0 Å². The van der Waals surface area contributed by atoms with E-state index in [9.17, 15) is 4.79 Å². The number of anilines is 1. The molecule has 0 bridgehead atoms. The third-order valence-electron chi connectivity index (χ3n) is 3.48. The number of hydrogen-bond acceptors (Lipinski definition) is 4. The lowest BCUT2D eigenvalue weighted by molar-refractivity contribution is -0.130. The fraction of sp³-hybridized carbons (Fsp3) is 0.500. The standard InChI is InChI=1S/C16H20N6O/c1-11-5-7-22(14(23)8-17-2)9-13(11)21(3)16-12-4-6-18-15(12)19-10-20-16/h4,6,10-11,13H,5,7-9H2,1,3H3,(H,18,19,20)/t11-,13+/m1/s1/i1D3,4D,9D2,10D,11D,13D. The van der Waals surface area contributed by atoms with E-state index in [-0.39, 0.29) is 22.9 Å². The van der Waals surface area contributed by atoms with E-state index in [1.54, 1.807) is 0 Å². The van der Waals surface area contributed by atoms with Crippen molar-refractivity contribution in [2.75, 3.05) is 31.5 Å². The number of H-pyrrole nitrogens is 1. The summed E-state index contributed by atoms with van der Waals surface area (Å²) in [6.45, 7) is -0.489. The second kappa shape index (κ2) is 6.24. The van der Waals surface area contributed by atoms with Crippen LogP contribution in [-0.4, -0.2) is 58.4 Å². The quantitative estimate of drug-likeness (QED) is 0.871. The molecule has 2 aromatic heterocycles. The predicted molar refractivity (Wildman–Crippen MR) is 87.9 cm³/mol. The highest BCUT2D eigenvalue weighted by Crippen LogP contribution is 2.28. The van der Waals surface area contributed by atoms with Gasteiger partial charge in [-0.25, -0.2) is 16.5 Å². The largest absolute Gasteiger partial charge is 0.354 e. The average molecular weight is 321 g/mol. The van der Waals surface area contributed by atoms with Crippen LogP contribution in [0, 0.1) is 12.5 Å². The van der Waals surface area contributed by atoms with E-state index in [1.165, 1.54) is 6.20 Å². The van der Waals surface area contributed by atoms with Gasteiger partial charge in [0.1, 0.15) is 19.1 Å². The van der Waals surface area contributed by atoms with E-state index in [2.05, 4.69) is 19.8 Å². The number of aromatic nitrogens is 3. The second-order valence-corrected chi connectivity index (χ2v) is 4.91. The highest BCUT2D eigenvalue weighted by Gasteiger charge is 2.33. The molecule has 0 aliphatic carbocycles. The third kappa shape index (κ3) is 2.84. The number of piperidine rings is 1. The van der Waals surface area contributed by atoms with Gasteiger partial charge in [-0.3, -0.25) is 4.79 Å². The van der Waals surface area contributed by atoms with Gasteiger partial charge < -0.3 is 19.6 Å². The van der Waals surface area contributed by atoms with Gasteiger partial charge in [-0.05, 0) is 18.4 Å². The lowest BCUT2D eigenvalue weighted by Crippen LogP contribution is -2.53. The first-order valence-corrected chi connectivity index (χ1v) is 6.83. The Kier molecular flexibility index (Phi) is 2.11. The Morgan fingerprint density at radius 1 is 1.78 bits per heavy atom. The minimum absolute atomic E-state index is 0.00317. The molecule has 120 valence electrons. The summed E-state index contributed by atoms with van der Waals surface area (Å²) in [6, 6.07) is -3.12.